The third kappa shape index (κ3) is 4.37. The monoisotopic (exact) mass is 344 g/mol. The first-order valence-electron chi connectivity index (χ1n) is 7.47. The van der Waals surface area contributed by atoms with Crippen LogP contribution in [0.1, 0.15) is 20.7 Å². The zero-order valence-electron chi connectivity index (χ0n) is 12.8. The van der Waals surface area contributed by atoms with Crippen molar-refractivity contribution in [2.75, 3.05) is 12.4 Å². The Morgan fingerprint density at radius 1 is 0.958 bits per heavy atom. The number of esters is 2. The molecule has 0 aromatic heterocycles. The molecule has 0 saturated carbocycles. The maximum absolute atomic E-state index is 12.0. The van der Waals surface area contributed by atoms with Gasteiger partial charge in [-0.15, -0.1) is 11.8 Å². The molecule has 0 amide bonds. The van der Waals surface area contributed by atoms with E-state index in [1.165, 1.54) is 11.8 Å². The summed E-state index contributed by atoms with van der Waals surface area (Å²) in [5.74, 6) is -0.320. The van der Waals surface area contributed by atoms with Gasteiger partial charge in [-0.2, -0.15) is 0 Å². The molecule has 0 bridgehead atoms. The minimum atomic E-state index is -0.636. The molecule has 2 aromatic carbocycles. The molecule has 1 saturated heterocycles. The van der Waals surface area contributed by atoms with Crippen LogP contribution < -0.4 is 0 Å². The van der Waals surface area contributed by atoms with Crippen LogP contribution in [0.5, 0.6) is 0 Å². The first kappa shape index (κ1) is 16.5. The summed E-state index contributed by atoms with van der Waals surface area (Å²) in [6, 6.07) is 17.5. The van der Waals surface area contributed by atoms with Gasteiger partial charge in [0.1, 0.15) is 12.0 Å². The van der Waals surface area contributed by atoms with Crippen LogP contribution in [0.4, 0.5) is 0 Å². The van der Waals surface area contributed by atoms with Crippen molar-refractivity contribution in [1.82, 2.24) is 0 Å². The van der Waals surface area contributed by atoms with Crippen LogP contribution in [0.25, 0.3) is 0 Å². The Hall–Kier alpha value is -2.31. The third-order valence-corrected chi connectivity index (χ3v) is 4.41. The Morgan fingerprint density at radius 2 is 1.54 bits per heavy atom. The molecule has 24 heavy (non-hydrogen) atoms. The minimum absolute atomic E-state index is 0.109. The SMILES string of the molecule is O=C(OC[C@@H]1O[C@@H](OC(=O)c2ccccc2)CS1)c1ccccc1. The number of carbonyl (C=O) groups is 2. The highest BCUT2D eigenvalue weighted by Gasteiger charge is 2.30. The Bertz CT molecular complexity index is 689. The van der Waals surface area contributed by atoms with Gasteiger partial charge >= 0.3 is 11.9 Å². The van der Waals surface area contributed by atoms with E-state index >= 15 is 0 Å². The van der Waals surface area contributed by atoms with Crippen LogP contribution in [0.15, 0.2) is 60.7 Å². The van der Waals surface area contributed by atoms with Gasteiger partial charge in [-0.05, 0) is 24.3 Å². The summed E-state index contributed by atoms with van der Waals surface area (Å²) < 4.78 is 16.1. The molecule has 5 nitrogen and oxygen atoms in total. The first-order valence-corrected chi connectivity index (χ1v) is 8.52. The van der Waals surface area contributed by atoms with Gasteiger partial charge in [0.25, 0.3) is 0 Å². The summed E-state index contributed by atoms with van der Waals surface area (Å²) in [4.78, 5) is 23.8. The van der Waals surface area contributed by atoms with E-state index in [0.717, 1.165) is 0 Å². The van der Waals surface area contributed by atoms with Gasteiger partial charge in [0.05, 0.1) is 16.9 Å². The lowest BCUT2D eigenvalue weighted by Gasteiger charge is -2.13. The molecule has 1 fully saturated rings. The summed E-state index contributed by atoms with van der Waals surface area (Å²) in [5.41, 5.74) is 0.629. The molecule has 3 rings (SSSR count). The van der Waals surface area contributed by atoms with E-state index in [-0.39, 0.29) is 12.0 Å². The summed E-state index contributed by atoms with van der Waals surface area (Å²) in [6.45, 7) is 0.109. The van der Waals surface area contributed by atoms with E-state index in [9.17, 15) is 9.59 Å². The first-order chi connectivity index (χ1) is 11.7. The lowest BCUT2D eigenvalue weighted by atomic mass is 10.2. The van der Waals surface area contributed by atoms with Crippen molar-refractivity contribution in [3.8, 4) is 0 Å². The molecular weight excluding hydrogens is 328 g/mol. The lowest BCUT2D eigenvalue weighted by molar-refractivity contribution is -0.103. The van der Waals surface area contributed by atoms with Crippen LogP contribution in [0.2, 0.25) is 0 Å². The number of hydrogen-bond acceptors (Lipinski definition) is 6. The van der Waals surface area contributed by atoms with Crippen molar-refractivity contribution in [3.63, 3.8) is 0 Å². The van der Waals surface area contributed by atoms with Crippen molar-refractivity contribution in [2.45, 2.75) is 11.7 Å². The molecule has 1 aliphatic heterocycles. The Labute approximate surface area is 143 Å². The average molecular weight is 344 g/mol. The molecule has 6 heteroatoms. The zero-order chi connectivity index (χ0) is 16.8. The van der Waals surface area contributed by atoms with Gasteiger partial charge in [0, 0.05) is 0 Å². The zero-order valence-corrected chi connectivity index (χ0v) is 13.6. The van der Waals surface area contributed by atoms with Crippen molar-refractivity contribution in [3.05, 3.63) is 71.8 Å². The molecule has 2 aromatic rings. The van der Waals surface area contributed by atoms with E-state index < -0.39 is 18.2 Å². The van der Waals surface area contributed by atoms with E-state index in [0.29, 0.717) is 16.9 Å². The summed E-state index contributed by atoms with van der Waals surface area (Å²) >= 11 is 1.45. The molecule has 1 aliphatic rings. The van der Waals surface area contributed by atoms with Gasteiger partial charge in [-0.3, -0.25) is 0 Å². The highest BCUT2D eigenvalue weighted by molar-refractivity contribution is 8.00. The summed E-state index contributed by atoms with van der Waals surface area (Å²) in [5, 5.41) is 0. The van der Waals surface area contributed by atoms with E-state index in [4.69, 9.17) is 14.2 Å². The molecule has 0 radical (unpaired) electrons. The van der Waals surface area contributed by atoms with Crippen molar-refractivity contribution in [1.29, 1.82) is 0 Å². The standard InChI is InChI=1S/C18H16O5S/c19-17(13-7-3-1-4-8-13)21-11-16-22-15(12-24-16)23-18(20)14-9-5-2-6-10-14/h1-10,15-16H,11-12H2/t15-,16+/m0/s1. The van der Waals surface area contributed by atoms with E-state index in [1.54, 1.807) is 48.5 Å². The van der Waals surface area contributed by atoms with E-state index in [1.807, 2.05) is 12.1 Å². The largest absolute Gasteiger partial charge is 0.458 e. The number of benzene rings is 2. The van der Waals surface area contributed by atoms with Crippen LogP contribution >= 0.6 is 11.8 Å². The number of hydrogen-bond donors (Lipinski definition) is 0. The predicted molar refractivity (Wildman–Crippen MR) is 89.7 cm³/mol. The number of rotatable bonds is 5. The number of ether oxygens (including phenoxy) is 3. The second-order valence-electron chi connectivity index (χ2n) is 5.06. The molecule has 1 heterocycles. The van der Waals surface area contributed by atoms with Crippen LogP contribution in [0.3, 0.4) is 0 Å². The minimum Gasteiger partial charge on any atom is -0.458 e. The molecule has 0 spiro atoms. The molecule has 0 unspecified atom stereocenters. The second kappa shape index (κ2) is 7.99. The topological polar surface area (TPSA) is 61.8 Å². The van der Waals surface area contributed by atoms with Gasteiger partial charge in [-0.25, -0.2) is 9.59 Å². The highest BCUT2D eigenvalue weighted by atomic mass is 32.2. The van der Waals surface area contributed by atoms with Crippen molar-refractivity contribution >= 4 is 23.7 Å². The molecule has 0 aliphatic carbocycles. The average Bonchev–Trinajstić information content (AvgIpc) is 3.08. The van der Waals surface area contributed by atoms with Gasteiger partial charge in [0.2, 0.25) is 6.29 Å². The van der Waals surface area contributed by atoms with Crippen LogP contribution in [-0.2, 0) is 14.2 Å². The lowest BCUT2D eigenvalue weighted by Crippen LogP contribution is -2.23. The fraction of sp³-hybridized carbons (Fsp3) is 0.222. The molecule has 2 atom stereocenters. The highest BCUT2D eigenvalue weighted by Crippen LogP contribution is 2.27. The van der Waals surface area contributed by atoms with Crippen molar-refractivity contribution in [2.24, 2.45) is 0 Å². The second-order valence-corrected chi connectivity index (χ2v) is 6.26. The predicted octanol–water partition coefficient (Wildman–Crippen LogP) is 3.12. The maximum Gasteiger partial charge on any atom is 0.340 e. The summed E-state index contributed by atoms with van der Waals surface area (Å²) in [7, 11) is 0. The number of carbonyl (C=O) groups excluding carboxylic acids is 2. The Kier molecular flexibility index (Phi) is 5.51. The summed E-state index contributed by atoms with van der Waals surface area (Å²) in [6.07, 6.45) is -0.636. The van der Waals surface area contributed by atoms with Crippen LogP contribution in [0, 0.1) is 0 Å². The Morgan fingerprint density at radius 3 is 2.17 bits per heavy atom. The van der Waals surface area contributed by atoms with Gasteiger partial charge in [-0.1, -0.05) is 36.4 Å². The Balaban J connectivity index is 1.44. The quantitative estimate of drug-likeness (QED) is 0.777. The fourth-order valence-electron chi connectivity index (χ4n) is 2.15. The number of thioether (sulfide) groups is 1. The molecule has 124 valence electrons. The van der Waals surface area contributed by atoms with Gasteiger partial charge in [0.15, 0.2) is 0 Å². The maximum atomic E-state index is 12.0. The van der Waals surface area contributed by atoms with Crippen molar-refractivity contribution < 1.29 is 23.8 Å². The fourth-order valence-corrected chi connectivity index (χ4v) is 3.03. The molecular formula is C18H16O5S. The smallest absolute Gasteiger partial charge is 0.340 e. The van der Waals surface area contributed by atoms with Gasteiger partial charge < -0.3 is 14.2 Å². The molecule has 0 N–H and O–H groups in total. The van der Waals surface area contributed by atoms with Crippen LogP contribution in [-0.4, -0.2) is 36.0 Å². The normalized spacial score (nSPS) is 19.7. The van der Waals surface area contributed by atoms with E-state index in [2.05, 4.69) is 0 Å². The third-order valence-electron chi connectivity index (χ3n) is 3.33.